The Morgan fingerprint density at radius 3 is 2.89 bits per heavy atom. The second-order valence-electron chi connectivity index (χ2n) is 7.31. The summed E-state index contributed by atoms with van der Waals surface area (Å²) in [5.41, 5.74) is 3.28. The number of nitrogens with one attached hydrogen (secondary N) is 2. The summed E-state index contributed by atoms with van der Waals surface area (Å²) in [5, 5.41) is 6.37. The molecular weight excluding hydrogens is 338 g/mol. The molecular formula is C22H29N3O2. The van der Waals surface area contributed by atoms with Crippen LogP contribution in [0, 0.1) is 19.8 Å². The molecule has 1 fully saturated rings. The summed E-state index contributed by atoms with van der Waals surface area (Å²) < 4.78 is 5.93. The van der Waals surface area contributed by atoms with Gasteiger partial charge in [-0.25, -0.2) is 4.98 Å². The van der Waals surface area contributed by atoms with E-state index in [-0.39, 0.29) is 5.91 Å². The molecule has 5 nitrogen and oxygen atoms in total. The lowest BCUT2D eigenvalue weighted by Gasteiger charge is -2.22. The molecule has 1 aliphatic heterocycles. The zero-order valence-corrected chi connectivity index (χ0v) is 16.3. The number of aromatic nitrogens is 1. The van der Waals surface area contributed by atoms with Gasteiger partial charge >= 0.3 is 0 Å². The van der Waals surface area contributed by atoms with E-state index in [4.69, 9.17) is 4.74 Å². The van der Waals surface area contributed by atoms with Crippen LogP contribution < -0.4 is 15.4 Å². The molecule has 0 bridgehead atoms. The number of hydrogen-bond donors (Lipinski definition) is 2. The highest BCUT2D eigenvalue weighted by Gasteiger charge is 2.14. The van der Waals surface area contributed by atoms with Crippen LogP contribution in [0.15, 0.2) is 36.5 Å². The van der Waals surface area contributed by atoms with Gasteiger partial charge in [0.25, 0.3) is 0 Å². The van der Waals surface area contributed by atoms with Gasteiger partial charge in [0.05, 0.1) is 0 Å². The molecule has 0 radical (unpaired) electrons. The van der Waals surface area contributed by atoms with E-state index in [1.807, 2.05) is 31.2 Å². The maximum absolute atomic E-state index is 12.1. The van der Waals surface area contributed by atoms with E-state index < -0.39 is 0 Å². The number of ether oxygens (including phenoxy) is 1. The van der Waals surface area contributed by atoms with Gasteiger partial charge in [0.2, 0.25) is 11.8 Å². The number of hydrogen-bond acceptors (Lipinski definition) is 4. The summed E-state index contributed by atoms with van der Waals surface area (Å²) in [7, 11) is 0. The van der Waals surface area contributed by atoms with Crippen LogP contribution in [-0.4, -0.2) is 24.0 Å². The lowest BCUT2D eigenvalue weighted by Crippen LogP contribution is -2.29. The molecule has 2 N–H and O–H groups in total. The van der Waals surface area contributed by atoms with Crippen LogP contribution in [-0.2, 0) is 11.3 Å². The molecule has 2 heterocycles. The van der Waals surface area contributed by atoms with Crippen molar-refractivity contribution in [2.75, 3.05) is 13.1 Å². The molecule has 144 valence electrons. The number of pyridine rings is 1. The summed E-state index contributed by atoms with van der Waals surface area (Å²) in [4.78, 5) is 16.4. The zero-order chi connectivity index (χ0) is 19.1. The van der Waals surface area contributed by atoms with Crippen LogP contribution in [0.3, 0.4) is 0 Å². The number of amides is 1. The van der Waals surface area contributed by atoms with Gasteiger partial charge in [0.15, 0.2) is 0 Å². The summed E-state index contributed by atoms with van der Waals surface area (Å²) >= 11 is 0. The summed E-state index contributed by atoms with van der Waals surface area (Å²) in [6.07, 6.45) is 5.65. The molecule has 1 aromatic heterocycles. The Morgan fingerprint density at radius 2 is 2.07 bits per heavy atom. The van der Waals surface area contributed by atoms with E-state index in [1.54, 1.807) is 6.20 Å². The standard InChI is InChI=1S/C22H29N3O2/c1-16-4-3-5-20(17(16)2)27-22-14-19(10-13-24-22)15-25-21(26)7-6-18-8-11-23-12-9-18/h3-5,10,13-14,18,23H,6-9,11-12,15H2,1-2H3,(H,25,26). The summed E-state index contributed by atoms with van der Waals surface area (Å²) in [6, 6.07) is 9.77. The summed E-state index contributed by atoms with van der Waals surface area (Å²) in [5.74, 6) is 2.15. The van der Waals surface area contributed by atoms with E-state index in [0.717, 1.165) is 36.4 Å². The number of carbonyl (C=O) groups excluding carboxylic acids is 1. The molecule has 0 spiro atoms. The van der Waals surface area contributed by atoms with Gasteiger partial charge in [0, 0.05) is 25.2 Å². The Kier molecular flexibility index (Phi) is 6.82. The predicted molar refractivity (Wildman–Crippen MR) is 107 cm³/mol. The Balaban J connectivity index is 1.50. The van der Waals surface area contributed by atoms with Crippen LogP contribution in [0.25, 0.3) is 0 Å². The van der Waals surface area contributed by atoms with Crippen molar-refractivity contribution in [3.05, 3.63) is 53.2 Å². The molecule has 1 aliphatic rings. The maximum atomic E-state index is 12.1. The average molecular weight is 367 g/mol. The lowest BCUT2D eigenvalue weighted by molar-refractivity contribution is -0.121. The minimum absolute atomic E-state index is 0.113. The second kappa shape index (κ2) is 9.51. The first-order chi connectivity index (χ1) is 13.1. The lowest BCUT2D eigenvalue weighted by atomic mass is 9.93. The third-order valence-corrected chi connectivity index (χ3v) is 5.30. The van der Waals surface area contributed by atoms with Crippen LogP contribution >= 0.6 is 0 Å². The fourth-order valence-electron chi connectivity index (χ4n) is 3.36. The largest absolute Gasteiger partial charge is 0.439 e. The van der Waals surface area contributed by atoms with E-state index in [0.29, 0.717) is 24.8 Å². The SMILES string of the molecule is Cc1cccc(Oc2cc(CNC(=O)CCC3CCNCC3)ccn2)c1C. The smallest absolute Gasteiger partial charge is 0.220 e. The number of rotatable bonds is 7. The maximum Gasteiger partial charge on any atom is 0.220 e. The van der Waals surface area contributed by atoms with Crippen molar-refractivity contribution in [3.8, 4) is 11.6 Å². The molecule has 3 rings (SSSR count). The highest BCUT2D eigenvalue weighted by atomic mass is 16.5. The Bertz CT molecular complexity index is 770. The number of carbonyl (C=O) groups is 1. The molecule has 0 aliphatic carbocycles. The first-order valence-electron chi connectivity index (χ1n) is 9.78. The van der Waals surface area contributed by atoms with Crippen LogP contribution in [0.1, 0.15) is 42.4 Å². The number of nitrogens with zero attached hydrogens (tertiary/aromatic N) is 1. The molecule has 1 amide bonds. The third kappa shape index (κ3) is 5.79. The molecule has 5 heteroatoms. The van der Waals surface area contributed by atoms with Crippen molar-refractivity contribution < 1.29 is 9.53 Å². The molecule has 2 aromatic rings. The van der Waals surface area contributed by atoms with Gasteiger partial charge in [-0.15, -0.1) is 0 Å². The Labute approximate surface area is 161 Å². The number of aryl methyl sites for hydroxylation is 1. The first kappa shape index (κ1) is 19.4. The fourth-order valence-corrected chi connectivity index (χ4v) is 3.36. The minimum Gasteiger partial charge on any atom is -0.439 e. The molecule has 0 atom stereocenters. The van der Waals surface area contributed by atoms with E-state index >= 15 is 0 Å². The number of piperidine rings is 1. The topological polar surface area (TPSA) is 63.2 Å². The average Bonchev–Trinajstić information content (AvgIpc) is 2.69. The van der Waals surface area contributed by atoms with E-state index in [9.17, 15) is 4.79 Å². The fraction of sp³-hybridized carbons (Fsp3) is 0.455. The van der Waals surface area contributed by atoms with Gasteiger partial charge in [0.1, 0.15) is 5.75 Å². The molecule has 0 saturated carbocycles. The Morgan fingerprint density at radius 1 is 1.26 bits per heavy atom. The number of benzene rings is 1. The van der Waals surface area contributed by atoms with Crippen molar-refractivity contribution in [1.29, 1.82) is 0 Å². The molecule has 1 aromatic carbocycles. The molecule has 27 heavy (non-hydrogen) atoms. The van der Waals surface area contributed by atoms with Crippen molar-refractivity contribution >= 4 is 5.91 Å². The predicted octanol–water partition coefficient (Wildman–Crippen LogP) is 3.89. The second-order valence-corrected chi connectivity index (χ2v) is 7.31. The molecule has 0 unspecified atom stereocenters. The normalized spacial score (nSPS) is 14.7. The van der Waals surface area contributed by atoms with Gasteiger partial charge in [-0.05, 0) is 80.9 Å². The summed E-state index contributed by atoms with van der Waals surface area (Å²) in [6.45, 7) is 6.75. The monoisotopic (exact) mass is 367 g/mol. The zero-order valence-electron chi connectivity index (χ0n) is 16.3. The quantitative estimate of drug-likeness (QED) is 0.779. The van der Waals surface area contributed by atoms with Gasteiger partial charge in [-0.1, -0.05) is 12.1 Å². The van der Waals surface area contributed by atoms with E-state index in [2.05, 4.69) is 28.6 Å². The van der Waals surface area contributed by atoms with Crippen molar-refractivity contribution in [2.24, 2.45) is 5.92 Å². The van der Waals surface area contributed by atoms with Crippen molar-refractivity contribution in [3.63, 3.8) is 0 Å². The van der Waals surface area contributed by atoms with Gasteiger partial charge in [-0.2, -0.15) is 0 Å². The highest BCUT2D eigenvalue weighted by molar-refractivity contribution is 5.75. The highest BCUT2D eigenvalue weighted by Crippen LogP contribution is 2.26. The molecule has 1 saturated heterocycles. The first-order valence-corrected chi connectivity index (χ1v) is 9.78. The van der Waals surface area contributed by atoms with Crippen LogP contribution in [0.4, 0.5) is 0 Å². The minimum atomic E-state index is 0.113. The van der Waals surface area contributed by atoms with E-state index in [1.165, 1.54) is 18.4 Å². The van der Waals surface area contributed by atoms with Crippen LogP contribution in [0.2, 0.25) is 0 Å². The Hall–Kier alpha value is -2.40. The van der Waals surface area contributed by atoms with Gasteiger partial charge < -0.3 is 15.4 Å². The third-order valence-electron chi connectivity index (χ3n) is 5.30. The van der Waals surface area contributed by atoms with Crippen LogP contribution in [0.5, 0.6) is 11.6 Å². The van der Waals surface area contributed by atoms with Gasteiger partial charge in [-0.3, -0.25) is 4.79 Å². The van der Waals surface area contributed by atoms with Crippen molar-refractivity contribution in [2.45, 2.75) is 46.1 Å². The van der Waals surface area contributed by atoms with Crippen molar-refractivity contribution in [1.82, 2.24) is 15.6 Å².